The van der Waals surface area contributed by atoms with Crippen LogP contribution in [0.3, 0.4) is 0 Å². The van der Waals surface area contributed by atoms with Gasteiger partial charge in [-0.05, 0) is 37.1 Å². The number of nitrogen functional groups attached to an aromatic ring is 1. The largest absolute Gasteiger partial charge is 0.384 e. The highest BCUT2D eigenvalue weighted by Gasteiger charge is 2.24. The van der Waals surface area contributed by atoms with Gasteiger partial charge in [-0.3, -0.25) is 9.59 Å². The minimum atomic E-state index is -0.656. The molecule has 1 aromatic carbocycles. The van der Waals surface area contributed by atoms with Crippen molar-refractivity contribution in [1.82, 2.24) is 10.3 Å². The summed E-state index contributed by atoms with van der Waals surface area (Å²) < 4.78 is 0. The number of rotatable bonds is 5. The van der Waals surface area contributed by atoms with Crippen LogP contribution in [0.2, 0.25) is 0 Å². The molecule has 0 radical (unpaired) electrons. The fourth-order valence-electron chi connectivity index (χ4n) is 2.16. The standard InChI is InChI=1S/C18H22N4O2/c1-11(2)16(18(24)21-14-8-9-15(19)20-10-14)22-17(23)13-6-4-12(3)5-7-13/h4-11,16H,1-3H3,(H2,19,20)(H,21,24)(H,22,23). The molecule has 0 saturated heterocycles. The average Bonchev–Trinajstić information content (AvgIpc) is 2.54. The molecule has 0 bridgehead atoms. The Hall–Kier alpha value is -2.89. The molecule has 6 nitrogen and oxygen atoms in total. The number of amides is 2. The van der Waals surface area contributed by atoms with Crippen LogP contribution in [0.5, 0.6) is 0 Å². The van der Waals surface area contributed by atoms with Gasteiger partial charge in [0.2, 0.25) is 5.91 Å². The minimum Gasteiger partial charge on any atom is -0.384 e. The van der Waals surface area contributed by atoms with Gasteiger partial charge < -0.3 is 16.4 Å². The van der Waals surface area contributed by atoms with Gasteiger partial charge in [-0.1, -0.05) is 31.5 Å². The van der Waals surface area contributed by atoms with E-state index < -0.39 is 6.04 Å². The summed E-state index contributed by atoms with van der Waals surface area (Å²) in [7, 11) is 0. The van der Waals surface area contributed by atoms with Crippen molar-refractivity contribution in [3.63, 3.8) is 0 Å². The van der Waals surface area contributed by atoms with Crippen LogP contribution in [0.4, 0.5) is 11.5 Å². The van der Waals surface area contributed by atoms with Crippen LogP contribution in [-0.2, 0) is 4.79 Å². The van der Waals surface area contributed by atoms with Gasteiger partial charge in [0.05, 0.1) is 11.9 Å². The van der Waals surface area contributed by atoms with Gasteiger partial charge in [0.15, 0.2) is 0 Å². The van der Waals surface area contributed by atoms with E-state index in [-0.39, 0.29) is 17.7 Å². The first-order valence-electron chi connectivity index (χ1n) is 7.76. The van der Waals surface area contributed by atoms with Crippen LogP contribution in [0.15, 0.2) is 42.6 Å². The number of carbonyl (C=O) groups excluding carboxylic acids is 2. The fourth-order valence-corrected chi connectivity index (χ4v) is 2.16. The van der Waals surface area contributed by atoms with Crippen molar-refractivity contribution >= 4 is 23.3 Å². The minimum absolute atomic E-state index is 0.0684. The monoisotopic (exact) mass is 326 g/mol. The molecule has 1 heterocycles. The molecule has 0 fully saturated rings. The Morgan fingerprint density at radius 1 is 1.08 bits per heavy atom. The molecule has 0 saturated carbocycles. The quantitative estimate of drug-likeness (QED) is 0.786. The summed E-state index contributed by atoms with van der Waals surface area (Å²) in [5.41, 5.74) is 7.65. The summed E-state index contributed by atoms with van der Waals surface area (Å²) in [5.74, 6) is -0.265. The van der Waals surface area contributed by atoms with Gasteiger partial charge in [0.25, 0.3) is 5.91 Å². The van der Waals surface area contributed by atoms with E-state index in [1.54, 1.807) is 24.3 Å². The molecule has 6 heteroatoms. The average molecular weight is 326 g/mol. The predicted molar refractivity (Wildman–Crippen MR) is 94.6 cm³/mol. The maximum atomic E-state index is 12.5. The number of nitrogens with two attached hydrogens (primary N) is 1. The zero-order chi connectivity index (χ0) is 17.7. The smallest absolute Gasteiger partial charge is 0.251 e. The van der Waals surface area contributed by atoms with Crippen molar-refractivity contribution in [2.75, 3.05) is 11.1 Å². The Kier molecular flexibility index (Phi) is 5.52. The van der Waals surface area contributed by atoms with Gasteiger partial charge in [0, 0.05) is 5.56 Å². The number of hydrogen-bond acceptors (Lipinski definition) is 4. The highest BCUT2D eigenvalue weighted by Crippen LogP contribution is 2.11. The Morgan fingerprint density at radius 3 is 2.29 bits per heavy atom. The van der Waals surface area contributed by atoms with E-state index in [1.165, 1.54) is 6.20 Å². The lowest BCUT2D eigenvalue weighted by molar-refractivity contribution is -0.118. The molecule has 0 aliphatic carbocycles. The van der Waals surface area contributed by atoms with Gasteiger partial charge in [-0.25, -0.2) is 4.98 Å². The lowest BCUT2D eigenvalue weighted by Crippen LogP contribution is -2.47. The number of nitrogens with one attached hydrogen (secondary N) is 2. The van der Waals surface area contributed by atoms with Crippen molar-refractivity contribution in [1.29, 1.82) is 0 Å². The Bertz CT molecular complexity index is 709. The van der Waals surface area contributed by atoms with Crippen LogP contribution >= 0.6 is 0 Å². The van der Waals surface area contributed by atoms with E-state index in [0.29, 0.717) is 17.1 Å². The third-order valence-electron chi connectivity index (χ3n) is 3.60. The zero-order valence-electron chi connectivity index (χ0n) is 14.0. The highest BCUT2D eigenvalue weighted by atomic mass is 16.2. The molecular formula is C18H22N4O2. The van der Waals surface area contributed by atoms with E-state index in [4.69, 9.17) is 5.73 Å². The molecule has 2 amide bonds. The van der Waals surface area contributed by atoms with Crippen molar-refractivity contribution in [3.05, 3.63) is 53.7 Å². The molecule has 126 valence electrons. The van der Waals surface area contributed by atoms with Crippen LogP contribution in [-0.4, -0.2) is 22.8 Å². The van der Waals surface area contributed by atoms with Gasteiger partial charge in [0.1, 0.15) is 11.9 Å². The van der Waals surface area contributed by atoms with E-state index in [1.807, 2.05) is 32.9 Å². The number of aromatic nitrogens is 1. The van der Waals surface area contributed by atoms with Crippen molar-refractivity contribution < 1.29 is 9.59 Å². The topological polar surface area (TPSA) is 97.1 Å². The summed E-state index contributed by atoms with van der Waals surface area (Å²) in [6.45, 7) is 5.70. The van der Waals surface area contributed by atoms with E-state index in [0.717, 1.165) is 5.56 Å². The van der Waals surface area contributed by atoms with Crippen molar-refractivity contribution in [2.45, 2.75) is 26.8 Å². The maximum Gasteiger partial charge on any atom is 0.251 e. The summed E-state index contributed by atoms with van der Waals surface area (Å²) in [6, 6.07) is 9.81. The zero-order valence-corrected chi connectivity index (χ0v) is 14.0. The SMILES string of the molecule is Cc1ccc(C(=O)NC(C(=O)Nc2ccc(N)nc2)C(C)C)cc1. The van der Waals surface area contributed by atoms with Crippen molar-refractivity contribution in [3.8, 4) is 0 Å². The number of nitrogens with zero attached hydrogens (tertiary/aromatic N) is 1. The van der Waals surface area contributed by atoms with E-state index in [9.17, 15) is 9.59 Å². The third-order valence-corrected chi connectivity index (χ3v) is 3.60. The van der Waals surface area contributed by atoms with Gasteiger partial charge in [-0.2, -0.15) is 0 Å². The molecule has 1 atom stereocenters. The van der Waals surface area contributed by atoms with Crippen molar-refractivity contribution in [2.24, 2.45) is 5.92 Å². The molecule has 1 unspecified atom stereocenters. The Balaban J connectivity index is 2.07. The second kappa shape index (κ2) is 7.59. The first kappa shape index (κ1) is 17.5. The second-order valence-electron chi connectivity index (χ2n) is 6.02. The Morgan fingerprint density at radius 2 is 1.75 bits per heavy atom. The van der Waals surface area contributed by atoms with E-state index in [2.05, 4.69) is 15.6 Å². The highest BCUT2D eigenvalue weighted by molar-refractivity contribution is 6.01. The molecule has 0 aliphatic rings. The number of hydrogen-bond donors (Lipinski definition) is 3. The molecule has 4 N–H and O–H groups in total. The number of anilines is 2. The molecule has 0 spiro atoms. The predicted octanol–water partition coefficient (Wildman–Crippen LogP) is 2.37. The summed E-state index contributed by atoms with van der Waals surface area (Å²) >= 11 is 0. The first-order valence-corrected chi connectivity index (χ1v) is 7.76. The third kappa shape index (κ3) is 4.55. The van der Waals surface area contributed by atoms with Crippen LogP contribution in [0, 0.1) is 12.8 Å². The van der Waals surface area contributed by atoms with E-state index >= 15 is 0 Å². The molecule has 2 aromatic rings. The summed E-state index contributed by atoms with van der Waals surface area (Å²) in [5, 5.41) is 5.53. The van der Waals surface area contributed by atoms with Crippen LogP contribution in [0.25, 0.3) is 0 Å². The lowest BCUT2D eigenvalue weighted by atomic mass is 10.0. The Labute approximate surface area is 141 Å². The van der Waals surface area contributed by atoms with Gasteiger partial charge in [-0.15, -0.1) is 0 Å². The number of aryl methyl sites for hydroxylation is 1. The number of benzene rings is 1. The van der Waals surface area contributed by atoms with Gasteiger partial charge >= 0.3 is 0 Å². The normalized spacial score (nSPS) is 11.8. The maximum absolute atomic E-state index is 12.5. The molecule has 1 aromatic heterocycles. The summed E-state index contributed by atoms with van der Waals surface area (Å²) in [6.07, 6.45) is 1.48. The second-order valence-corrected chi connectivity index (χ2v) is 6.02. The molecular weight excluding hydrogens is 304 g/mol. The molecule has 0 aliphatic heterocycles. The molecule has 2 rings (SSSR count). The number of pyridine rings is 1. The molecule has 24 heavy (non-hydrogen) atoms. The summed E-state index contributed by atoms with van der Waals surface area (Å²) in [4.78, 5) is 28.8. The lowest BCUT2D eigenvalue weighted by Gasteiger charge is -2.21. The van der Waals surface area contributed by atoms with Crippen LogP contribution < -0.4 is 16.4 Å². The fraction of sp³-hybridized carbons (Fsp3) is 0.278. The number of carbonyl (C=O) groups is 2. The van der Waals surface area contributed by atoms with Crippen LogP contribution in [0.1, 0.15) is 29.8 Å². The first-order chi connectivity index (χ1) is 11.4.